The molecule has 0 spiro atoms. The molecule has 3 aromatic heterocycles. The second-order valence-corrected chi connectivity index (χ2v) is 9.81. The fraction of sp³-hybridized carbons (Fsp3) is 0.122. The highest BCUT2D eigenvalue weighted by Crippen LogP contribution is 2.09. The summed E-state index contributed by atoms with van der Waals surface area (Å²) in [4.78, 5) is 20.2. The number of pyridine rings is 1. The first-order valence-electron chi connectivity index (χ1n) is 15.5. The third-order valence-electron chi connectivity index (χ3n) is 6.34. The number of rotatable bonds is 0. The van der Waals surface area contributed by atoms with Gasteiger partial charge in [-0.3, -0.25) is 15.0 Å². The van der Waals surface area contributed by atoms with Gasteiger partial charge in [0, 0.05) is 36.4 Å². The molecule has 0 amide bonds. The monoisotopic (exact) mass is 719 g/mol. The van der Waals surface area contributed by atoms with Gasteiger partial charge in [0.25, 0.3) is 0 Å². The van der Waals surface area contributed by atoms with Crippen molar-refractivity contribution in [3.63, 3.8) is 0 Å². The molecule has 0 radical (unpaired) electrons. The van der Waals surface area contributed by atoms with Crippen LogP contribution in [0.4, 0.5) is 0 Å². The van der Waals surface area contributed by atoms with Crippen molar-refractivity contribution in [2.24, 2.45) is 0 Å². The lowest BCUT2D eigenvalue weighted by atomic mass is 10.2. The first kappa shape index (κ1) is 51.8. The van der Waals surface area contributed by atoms with Gasteiger partial charge in [0.1, 0.15) is 6.33 Å². The Labute approximate surface area is 326 Å². The van der Waals surface area contributed by atoms with Crippen molar-refractivity contribution in [1.82, 2.24) is 24.9 Å². The maximum atomic E-state index is 4.12. The standard InChI is InChI=1S/C9H7N.2C8H6N2.3C6H6.6CH4/c1-2-4-9-7-10-6-5-8(9)3-1;1-2-4-8-7(3-1)5-9-6-10-8;1-2-4-8-7(3-1)9-5-6-10-8;3*1-2-4-6-5-3-1;;;;;;/h1-7H;2*1-6H;3*1-6H;6*1H4. The lowest BCUT2D eigenvalue weighted by molar-refractivity contribution is 1.22. The van der Waals surface area contributed by atoms with Crippen molar-refractivity contribution in [2.75, 3.05) is 0 Å². The van der Waals surface area contributed by atoms with Gasteiger partial charge in [-0.1, -0.05) is 208 Å². The summed E-state index contributed by atoms with van der Waals surface area (Å²) < 4.78 is 0. The molecular weight excluding hydrogens is 659 g/mol. The lowest BCUT2D eigenvalue weighted by Gasteiger charge is -1.91. The molecule has 0 aliphatic rings. The van der Waals surface area contributed by atoms with E-state index in [1.165, 1.54) is 10.8 Å². The summed E-state index contributed by atoms with van der Waals surface area (Å²) in [6, 6.07) is 61.9. The second kappa shape index (κ2) is 33.5. The zero-order valence-corrected chi connectivity index (χ0v) is 26.6. The van der Waals surface area contributed by atoms with Gasteiger partial charge in [-0.25, -0.2) is 9.97 Å². The zero-order valence-electron chi connectivity index (χ0n) is 26.6. The van der Waals surface area contributed by atoms with Crippen LogP contribution in [0.15, 0.2) is 225 Å². The molecule has 3 heterocycles. The zero-order chi connectivity index (χ0) is 33.2. The minimum absolute atomic E-state index is 0. The highest BCUT2D eigenvalue weighted by atomic mass is 14.8. The summed E-state index contributed by atoms with van der Waals surface area (Å²) in [5, 5.41) is 3.53. The molecule has 0 unspecified atom stereocenters. The average molecular weight is 720 g/mol. The molecular formula is C49H61N5. The van der Waals surface area contributed by atoms with Gasteiger partial charge < -0.3 is 0 Å². The van der Waals surface area contributed by atoms with Crippen LogP contribution in [0.3, 0.4) is 0 Å². The van der Waals surface area contributed by atoms with Gasteiger partial charge in [-0.15, -0.1) is 0 Å². The van der Waals surface area contributed by atoms with E-state index in [0.29, 0.717) is 0 Å². The molecule has 0 fully saturated rings. The molecule has 0 saturated heterocycles. The number of hydrogen-bond donors (Lipinski definition) is 0. The fourth-order valence-electron chi connectivity index (χ4n) is 4.01. The summed E-state index contributed by atoms with van der Waals surface area (Å²) in [6.07, 6.45) is 10.4. The summed E-state index contributed by atoms with van der Waals surface area (Å²) >= 11 is 0. The molecule has 0 saturated carbocycles. The average Bonchev–Trinajstić information content (AvgIpc) is 3.21. The van der Waals surface area contributed by atoms with Crippen LogP contribution in [0.2, 0.25) is 0 Å². The molecule has 6 aromatic carbocycles. The van der Waals surface area contributed by atoms with Gasteiger partial charge in [-0.2, -0.15) is 0 Å². The van der Waals surface area contributed by atoms with Crippen LogP contribution in [0.25, 0.3) is 32.7 Å². The van der Waals surface area contributed by atoms with E-state index in [1.807, 2.05) is 195 Å². The molecule has 9 rings (SSSR count). The van der Waals surface area contributed by atoms with Crippen LogP contribution in [-0.2, 0) is 0 Å². The van der Waals surface area contributed by atoms with Crippen molar-refractivity contribution in [3.8, 4) is 0 Å². The molecule has 0 atom stereocenters. The molecule has 54 heavy (non-hydrogen) atoms. The third kappa shape index (κ3) is 20.9. The smallest absolute Gasteiger partial charge is 0.116 e. The van der Waals surface area contributed by atoms with Crippen molar-refractivity contribution in [3.05, 3.63) is 225 Å². The van der Waals surface area contributed by atoms with E-state index in [2.05, 4.69) is 37.1 Å². The van der Waals surface area contributed by atoms with E-state index in [9.17, 15) is 0 Å². The Morgan fingerprint density at radius 3 is 0.963 bits per heavy atom. The van der Waals surface area contributed by atoms with Crippen LogP contribution in [0.1, 0.15) is 44.6 Å². The highest BCUT2D eigenvalue weighted by molar-refractivity contribution is 5.81. The molecule has 0 aliphatic heterocycles. The van der Waals surface area contributed by atoms with E-state index in [0.717, 1.165) is 21.9 Å². The SMILES string of the molecule is C.C.C.C.C.C.c1ccc2cnccc2c1.c1ccc2nccnc2c1.c1ccc2ncncc2c1.c1ccccc1.c1ccccc1.c1ccccc1. The predicted octanol–water partition coefficient (Wildman–Crippen LogP) is 14.4. The van der Waals surface area contributed by atoms with Crippen LogP contribution >= 0.6 is 0 Å². The van der Waals surface area contributed by atoms with E-state index < -0.39 is 0 Å². The summed E-state index contributed by atoms with van der Waals surface area (Å²) in [5.74, 6) is 0. The van der Waals surface area contributed by atoms with Crippen molar-refractivity contribution < 1.29 is 0 Å². The third-order valence-corrected chi connectivity index (χ3v) is 6.34. The number of aromatic nitrogens is 5. The predicted molar refractivity (Wildman–Crippen MR) is 241 cm³/mol. The molecule has 9 aromatic rings. The summed E-state index contributed by atoms with van der Waals surface area (Å²) in [5.41, 5.74) is 2.90. The maximum absolute atomic E-state index is 4.12. The number of nitrogens with zero attached hydrogens (tertiary/aromatic N) is 5. The van der Waals surface area contributed by atoms with Gasteiger partial charge in [0.2, 0.25) is 0 Å². The van der Waals surface area contributed by atoms with Gasteiger partial charge in [0.05, 0.1) is 16.6 Å². The van der Waals surface area contributed by atoms with Crippen LogP contribution < -0.4 is 0 Å². The van der Waals surface area contributed by atoms with Gasteiger partial charge in [0.15, 0.2) is 0 Å². The molecule has 5 heteroatoms. The first-order valence-corrected chi connectivity index (χ1v) is 15.5. The first-order chi connectivity index (χ1) is 23.9. The Bertz CT molecular complexity index is 1570. The molecule has 0 bridgehead atoms. The van der Waals surface area contributed by atoms with E-state index >= 15 is 0 Å². The highest BCUT2D eigenvalue weighted by Gasteiger charge is 1.89. The van der Waals surface area contributed by atoms with Gasteiger partial charge >= 0.3 is 0 Å². The number of hydrogen-bond acceptors (Lipinski definition) is 5. The van der Waals surface area contributed by atoms with E-state index in [-0.39, 0.29) is 44.6 Å². The van der Waals surface area contributed by atoms with Crippen LogP contribution in [0, 0.1) is 0 Å². The van der Waals surface area contributed by atoms with E-state index in [4.69, 9.17) is 0 Å². The van der Waals surface area contributed by atoms with Crippen molar-refractivity contribution >= 4 is 32.7 Å². The Hall–Kier alpha value is -6.59. The van der Waals surface area contributed by atoms with Crippen molar-refractivity contribution in [1.29, 1.82) is 0 Å². The minimum atomic E-state index is 0. The Kier molecular flexibility index (Phi) is 32.2. The topological polar surface area (TPSA) is 64.5 Å². The number of para-hydroxylation sites is 3. The van der Waals surface area contributed by atoms with Gasteiger partial charge in [-0.05, 0) is 35.0 Å². The normalized spacial score (nSPS) is 8.22. The molecule has 0 N–H and O–H groups in total. The second-order valence-electron chi connectivity index (χ2n) is 9.81. The largest absolute Gasteiger partial charge is 0.264 e. The van der Waals surface area contributed by atoms with Crippen molar-refractivity contribution in [2.45, 2.75) is 44.6 Å². The molecule has 282 valence electrons. The van der Waals surface area contributed by atoms with Crippen LogP contribution in [0.5, 0.6) is 0 Å². The number of benzene rings is 6. The minimum Gasteiger partial charge on any atom is -0.264 e. The van der Waals surface area contributed by atoms with Crippen LogP contribution in [-0.4, -0.2) is 24.9 Å². The van der Waals surface area contributed by atoms with E-state index in [1.54, 1.807) is 18.7 Å². The quantitative estimate of drug-likeness (QED) is 0.156. The Balaban J connectivity index is -0.000000574. The molecule has 0 aliphatic carbocycles. The molecule has 5 nitrogen and oxygen atoms in total. The summed E-state index contributed by atoms with van der Waals surface area (Å²) in [6.45, 7) is 0. The maximum Gasteiger partial charge on any atom is 0.116 e. The lowest BCUT2D eigenvalue weighted by Crippen LogP contribution is -1.78. The summed E-state index contributed by atoms with van der Waals surface area (Å²) in [7, 11) is 0. The number of fused-ring (bicyclic) bond motifs is 3. The Morgan fingerprint density at radius 2 is 0.574 bits per heavy atom. The Morgan fingerprint density at radius 1 is 0.241 bits per heavy atom. The fourth-order valence-corrected chi connectivity index (χ4v) is 4.01.